The summed E-state index contributed by atoms with van der Waals surface area (Å²) < 4.78 is 38.0. The maximum atomic E-state index is 12.7. The molecule has 5 rings (SSSR count). The molecular weight excluding hydrogens is 341 g/mol. The third-order valence-corrected chi connectivity index (χ3v) is 5.27. The van der Waals surface area contributed by atoms with Crippen LogP contribution in [-0.4, -0.2) is 40.0 Å². The van der Waals surface area contributed by atoms with Crippen molar-refractivity contribution in [1.82, 2.24) is 14.9 Å². The van der Waals surface area contributed by atoms with Crippen molar-refractivity contribution >= 4 is 5.82 Å². The zero-order valence-electron chi connectivity index (χ0n) is 14.8. The van der Waals surface area contributed by atoms with E-state index in [-0.39, 0.29) is 0 Å². The van der Waals surface area contributed by atoms with E-state index in [2.05, 4.69) is 19.8 Å². The van der Waals surface area contributed by atoms with Crippen LogP contribution in [0.3, 0.4) is 0 Å². The standard InChI is InChI=1S/C19H21F3N4/c1-12-7-18(24-13(2)23-12)25-10-16-8-17(11-25)26(16)9-14-3-5-15(6-4-14)19(20,21)22/h3-7,16-17H,8-11H2,1-2H3. The fourth-order valence-corrected chi connectivity index (χ4v) is 4.00. The number of aromatic nitrogens is 2. The highest BCUT2D eigenvalue weighted by Crippen LogP contribution is 2.36. The van der Waals surface area contributed by atoms with Crippen molar-refractivity contribution in [2.24, 2.45) is 0 Å². The van der Waals surface area contributed by atoms with Gasteiger partial charge in [-0.1, -0.05) is 12.1 Å². The lowest BCUT2D eigenvalue weighted by molar-refractivity contribution is -0.137. The van der Waals surface area contributed by atoms with Gasteiger partial charge in [0, 0.05) is 43.5 Å². The molecule has 1 aromatic carbocycles. The first-order chi connectivity index (χ1) is 12.3. The SMILES string of the molecule is Cc1cc(N2CC3CC(C2)N3Cc2ccc(C(F)(F)F)cc2)nc(C)n1. The van der Waals surface area contributed by atoms with Crippen molar-refractivity contribution in [2.75, 3.05) is 18.0 Å². The maximum Gasteiger partial charge on any atom is 0.416 e. The summed E-state index contributed by atoms with van der Waals surface area (Å²) in [5.41, 5.74) is 1.30. The Morgan fingerprint density at radius 1 is 1.04 bits per heavy atom. The Bertz CT molecular complexity index is 771. The molecule has 3 aliphatic rings. The average Bonchev–Trinajstić information content (AvgIpc) is 2.58. The average molecular weight is 362 g/mol. The Kier molecular flexibility index (Phi) is 4.14. The summed E-state index contributed by atoms with van der Waals surface area (Å²) in [6.07, 6.45) is -3.14. The van der Waals surface area contributed by atoms with E-state index < -0.39 is 11.7 Å². The van der Waals surface area contributed by atoms with Gasteiger partial charge in [0.05, 0.1) is 5.56 Å². The second kappa shape index (κ2) is 6.23. The molecule has 0 amide bonds. The molecule has 2 unspecified atom stereocenters. The quantitative estimate of drug-likeness (QED) is 0.836. The molecule has 7 heteroatoms. The van der Waals surface area contributed by atoms with Crippen molar-refractivity contribution in [3.8, 4) is 0 Å². The van der Waals surface area contributed by atoms with E-state index in [4.69, 9.17) is 0 Å². The molecule has 0 radical (unpaired) electrons. The van der Waals surface area contributed by atoms with E-state index in [1.165, 1.54) is 12.1 Å². The molecular formula is C19H21F3N4. The minimum Gasteiger partial charge on any atom is -0.353 e. The number of rotatable bonds is 3. The lowest BCUT2D eigenvalue weighted by Crippen LogP contribution is -2.68. The Morgan fingerprint density at radius 3 is 2.27 bits per heavy atom. The molecule has 0 N–H and O–H groups in total. The number of halogens is 3. The zero-order chi connectivity index (χ0) is 18.5. The molecule has 0 aliphatic carbocycles. The fraction of sp³-hybridized carbons (Fsp3) is 0.474. The predicted molar refractivity (Wildman–Crippen MR) is 92.9 cm³/mol. The van der Waals surface area contributed by atoms with Crippen LogP contribution in [0.4, 0.5) is 19.0 Å². The van der Waals surface area contributed by atoms with Gasteiger partial charge in [0.15, 0.2) is 0 Å². The molecule has 4 nitrogen and oxygen atoms in total. The highest BCUT2D eigenvalue weighted by atomic mass is 19.4. The maximum absolute atomic E-state index is 12.7. The van der Waals surface area contributed by atoms with Gasteiger partial charge in [0.2, 0.25) is 0 Å². The minimum atomic E-state index is -4.28. The summed E-state index contributed by atoms with van der Waals surface area (Å²) >= 11 is 0. The number of piperidine rings is 1. The van der Waals surface area contributed by atoms with Crippen LogP contribution in [-0.2, 0) is 12.7 Å². The van der Waals surface area contributed by atoms with E-state index in [0.717, 1.165) is 42.4 Å². The summed E-state index contributed by atoms with van der Waals surface area (Å²) in [6, 6.07) is 8.38. The third kappa shape index (κ3) is 3.28. The number of aryl methyl sites for hydroxylation is 2. The molecule has 1 aromatic heterocycles. The second-order valence-electron chi connectivity index (χ2n) is 7.23. The summed E-state index contributed by atoms with van der Waals surface area (Å²) in [4.78, 5) is 13.6. The third-order valence-electron chi connectivity index (χ3n) is 5.27. The van der Waals surface area contributed by atoms with Crippen LogP contribution in [0, 0.1) is 13.8 Å². The first kappa shape index (κ1) is 17.3. The smallest absolute Gasteiger partial charge is 0.353 e. The summed E-state index contributed by atoms with van der Waals surface area (Å²) in [6.45, 7) is 6.36. The molecule has 3 saturated heterocycles. The summed E-state index contributed by atoms with van der Waals surface area (Å²) in [5.74, 6) is 1.75. The first-order valence-electron chi connectivity index (χ1n) is 8.79. The van der Waals surface area contributed by atoms with Crippen molar-refractivity contribution < 1.29 is 13.2 Å². The van der Waals surface area contributed by atoms with E-state index >= 15 is 0 Å². The molecule has 26 heavy (non-hydrogen) atoms. The number of anilines is 1. The number of hydrogen-bond acceptors (Lipinski definition) is 4. The summed E-state index contributed by atoms with van der Waals surface area (Å²) in [5, 5.41) is 0. The van der Waals surface area contributed by atoms with Crippen LogP contribution in [0.2, 0.25) is 0 Å². The van der Waals surface area contributed by atoms with E-state index in [0.29, 0.717) is 18.6 Å². The van der Waals surface area contributed by atoms with Crippen molar-refractivity contribution in [3.05, 3.63) is 53.0 Å². The van der Waals surface area contributed by atoms with Crippen LogP contribution >= 0.6 is 0 Å². The second-order valence-corrected chi connectivity index (χ2v) is 7.23. The van der Waals surface area contributed by atoms with E-state index in [9.17, 15) is 13.2 Å². The largest absolute Gasteiger partial charge is 0.416 e. The van der Waals surface area contributed by atoms with Crippen LogP contribution in [0.25, 0.3) is 0 Å². The van der Waals surface area contributed by atoms with Crippen LogP contribution in [0.1, 0.15) is 29.1 Å². The minimum absolute atomic E-state index is 0.423. The van der Waals surface area contributed by atoms with Gasteiger partial charge in [-0.3, -0.25) is 4.90 Å². The Labute approximate surface area is 150 Å². The van der Waals surface area contributed by atoms with Crippen LogP contribution in [0.5, 0.6) is 0 Å². The number of nitrogens with zero attached hydrogens (tertiary/aromatic N) is 4. The van der Waals surface area contributed by atoms with Crippen LogP contribution in [0.15, 0.2) is 30.3 Å². The molecule has 4 heterocycles. The number of hydrogen-bond donors (Lipinski definition) is 0. The highest BCUT2D eigenvalue weighted by Gasteiger charge is 2.44. The number of benzene rings is 1. The van der Waals surface area contributed by atoms with Gasteiger partial charge >= 0.3 is 6.18 Å². The van der Waals surface area contributed by atoms with Gasteiger partial charge in [-0.2, -0.15) is 13.2 Å². The number of fused-ring (bicyclic) bond motifs is 2. The number of piperazine rings is 1. The van der Waals surface area contributed by atoms with Crippen molar-refractivity contribution in [3.63, 3.8) is 0 Å². The topological polar surface area (TPSA) is 32.3 Å². The molecule has 2 bridgehead atoms. The van der Waals surface area contributed by atoms with Crippen LogP contribution < -0.4 is 4.90 Å². The normalized spacial score (nSPS) is 23.0. The Hall–Kier alpha value is -2.15. The predicted octanol–water partition coefficient (Wildman–Crippen LogP) is 3.58. The van der Waals surface area contributed by atoms with Crippen molar-refractivity contribution in [2.45, 2.75) is 45.1 Å². The number of alkyl halides is 3. The Balaban J connectivity index is 1.41. The molecule has 2 aromatic rings. The van der Waals surface area contributed by atoms with Gasteiger partial charge < -0.3 is 4.90 Å². The van der Waals surface area contributed by atoms with Gasteiger partial charge in [-0.15, -0.1) is 0 Å². The molecule has 0 saturated carbocycles. The van der Waals surface area contributed by atoms with Gasteiger partial charge in [-0.05, 0) is 38.0 Å². The van der Waals surface area contributed by atoms with Gasteiger partial charge in [-0.25, -0.2) is 9.97 Å². The first-order valence-corrected chi connectivity index (χ1v) is 8.79. The monoisotopic (exact) mass is 362 g/mol. The molecule has 3 fully saturated rings. The summed E-state index contributed by atoms with van der Waals surface area (Å²) in [7, 11) is 0. The highest BCUT2D eigenvalue weighted by molar-refractivity contribution is 5.42. The fourth-order valence-electron chi connectivity index (χ4n) is 4.00. The van der Waals surface area contributed by atoms with E-state index in [1.54, 1.807) is 12.1 Å². The molecule has 3 aliphatic heterocycles. The lowest BCUT2D eigenvalue weighted by atomic mass is 9.86. The molecule has 2 atom stereocenters. The Morgan fingerprint density at radius 2 is 1.69 bits per heavy atom. The molecule has 0 spiro atoms. The lowest BCUT2D eigenvalue weighted by Gasteiger charge is -2.56. The van der Waals surface area contributed by atoms with Gasteiger partial charge in [0.1, 0.15) is 11.6 Å². The zero-order valence-corrected chi connectivity index (χ0v) is 14.8. The van der Waals surface area contributed by atoms with Crippen molar-refractivity contribution in [1.29, 1.82) is 0 Å². The molecule has 138 valence electrons. The van der Waals surface area contributed by atoms with E-state index in [1.807, 2.05) is 19.9 Å². The van der Waals surface area contributed by atoms with Gasteiger partial charge in [0.25, 0.3) is 0 Å².